The predicted molar refractivity (Wildman–Crippen MR) is 209 cm³/mol. The largest absolute Gasteiger partial charge is 0.493 e. The Morgan fingerprint density at radius 3 is 2.51 bits per heavy atom. The van der Waals surface area contributed by atoms with Crippen LogP contribution in [0, 0.1) is 19.8 Å². The Kier molecular flexibility index (Phi) is 13.7. The van der Waals surface area contributed by atoms with Gasteiger partial charge in [0.2, 0.25) is 5.91 Å². The molecule has 3 atom stereocenters. The fraction of sp³-hybridized carbons (Fsp3) is 0.405. The summed E-state index contributed by atoms with van der Waals surface area (Å²) in [6.07, 6.45) is 8.76. The number of nitrogens with zero attached hydrogens (tertiary/aromatic N) is 1. The smallest absolute Gasteiger partial charge is 0.328 e. The summed E-state index contributed by atoms with van der Waals surface area (Å²) in [5, 5.41) is 6.30. The van der Waals surface area contributed by atoms with Gasteiger partial charge in [0.25, 0.3) is 0 Å². The van der Waals surface area contributed by atoms with Crippen molar-refractivity contribution in [3.8, 4) is 28.4 Å². The molecule has 3 aliphatic rings. The van der Waals surface area contributed by atoms with Gasteiger partial charge in [-0.25, -0.2) is 4.79 Å². The number of rotatable bonds is 10. The van der Waals surface area contributed by atoms with Crippen molar-refractivity contribution < 1.29 is 28.5 Å². The highest BCUT2D eigenvalue weighted by molar-refractivity contribution is 5.88. The van der Waals surface area contributed by atoms with Gasteiger partial charge in [-0.2, -0.15) is 0 Å². The number of aromatic nitrogens is 1. The molecule has 0 unspecified atom stereocenters. The SMILES string of the molecule is COC(=O)[C@H](Cc1ccc(-c2ccnc(C)c2C)cc1)NC(=O)[C@@H]1Cc2cc3c(cc2CN1)O[C@@H](c1cccc(OCC2CCCCC2)c1)CO3.Cl.Cl. The molecule has 1 saturated carbocycles. The molecular weight excluding hydrogens is 713 g/mol. The third kappa shape index (κ3) is 9.44. The lowest BCUT2D eigenvalue weighted by Crippen LogP contribution is -2.53. The third-order valence-corrected chi connectivity index (χ3v) is 10.6. The molecule has 11 heteroatoms. The van der Waals surface area contributed by atoms with E-state index < -0.39 is 18.1 Å². The van der Waals surface area contributed by atoms with Crippen molar-refractivity contribution >= 4 is 36.7 Å². The molecular formula is C42H49Cl2N3O6. The minimum Gasteiger partial charge on any atom is -0.493 e. The molecule has 0 saturated heterocycles. The molecule has 2 N–H and O–H groups in total. The first-order chi connectivity index (χ1) is 24.8. The molecule has 1 aliphatic carbocycles. The van der Waals surface area contributed by atoms with Gasteiger partial charge in [-0.1, -0.05) is 55.7 Å². The standard InChI is InChI=1S/C42H47N3O6.2ClH/c1-26-27(2)43-17-16-35(26)30-14-12-28(13-15-30)18-37(42(47)48-3)45-41(46)36-20-32-21-38-39(22-33(32)23-44-36)51-40(25-50-38)31-10-7-11-34(19-31)49-24-29-8-5-4-6-9-29;;/h7,10-17,19,21-22,29,36-37,40,44H,4-6,8-9,18,20,23-25H2,1-3H3,(H,45,46);2*1H/t36-,37-,40+;;/m0../s1. The van der Waals surface area contributed by atoms with Crippen LogP contribution in [0.3, 0.4) is 0 Å². The average molecular weight is 763 g/mol. The van der Waals surface area contributed by atoms with Gasteiger partial charge in [0.15, 0.2) is 17.6 Å². The van der Waals surface area contributed by atoms with Crippen LogP contribution in [0.2, 0.25) is 0 Å². The second-order valence-corrected chi connectivity index (χ2v) is 14.1. The predicted octanol–water partition coefficient (Wildman–Crippen LogP) is 7.60. The first-order valence-electron chi connectivity index (χ1n) is 18.2. The lowest BCUT2D eigenvalue weighted by atomic mass is 9.90. The summed E-state index contributed by atoms with van der Waals surface area (Å²) in [6.45, 7) is 5.68. The molecule has 2 aliphatic heterocycles. The summed E-state index contributed by atoms with van der Waals surface area (Å²) >= 11 is 0. The summed E-state index contributed by atoms with van der Waals surface area (Å²) in [6, 6.07) is 20.8. The fourth-order valence-electron chi connectivity index (χ4n) is 7.42. The number of ether oxygens (including phenoxy) is 4. The zero-order valence-electron chi connectivity index (χ0n) is 30.5. The van der Waals surface area contributed by atoms with Crippen LogP contribution in [0.5, 0.6) is 17.2 Å². The average Bonchev–Trinajstić information content (AvgIpc) is 3.17. The zero-order chi connectivity index (χ0) is 35.3. The van der Waals surface area contributed by atoms with Crippen molar-refractivity contribution in [1.82, 2.24) is 15.6 Å². The molecule has 53 heavy (non-hydrogen) atoms. The number of pyridine rings is 1. The number of aryl methyl sites for hydroxylation is 1. The van der Waals surface area contributed by atoms with Gasteiger partial charge in [-0.15, -0.1) is 24.8 Å². The van der Waals surface area contributed by atoms with Gasteiger partial charge in [0.1, 0.15) is 18.4 Å². The zero-order valence-corrected chi connectivity index (χ0v) is 32.2. The number of fused-ring (bicyclic) bond motifs is 2. The molecule has 0 bridgehead atoms. The van der Waals surface area contributed by atoms with Crippen LogP contribution in [-0.4, -0.2) is 49.3 Å². The van der Waals surface area contributed by atoms with Crippen molar-refractivity contribution in [2.45, 2.75) is 83.5 Å². The number of methoxy groups -OCH3 is 1. The van der Waals surface area contributed by atoms with Crippen molar-refractivity contribution in [3.63, 3.8) is 0 Å². The number of halogens is 2. The molecule has 0 radical (unpaired) electrons. The Morgan fingerprint density at radius 2 is 1.74 bits per heavy atom. The van der Waals surface area contributed by atoms with Gasteiger partial charge in [-0.05, 0) is 108 Å². The Labute approximate surface area is 324 Å². The van der Waals surface area contributed by atoms with Gasteiger partial charge in [0, 0.05) is 24.9 Å². The van der Waals surface area contributed by atoms with Crippen molar-refractivity contribution in [1.29, 1.82) is 0 Å². The number of hydrogen-bond acceptors (Lipinski definition) is 8. The molecule has 1 aromatic heterocycles. The van der Waals surface area contributed by atoms with E-state index in [0.29, 0.717) is 43.4 Å². The Hall–Kier alpha value is -4.31. The highest BCUT2D eigenvalue weighted by Gasteiger charge is 2.31. The first kappa shape index (κ1) is 39.9. The van der Waals surface area contributed by atoms with Crippen LogP contribution in [0.1, 0.15) is 71.7 Å². The van der Waals surface area contributed by atoms with Gasteiger partial charge >= 0.3 is 5.97 Å². The number of esters is 1. The van der Waals surface area contributed by atoms with E-state index in [0.717, 1.165) is 57.0 Å². The van der Waals surface area contributed by atoms with Crippen LogP contribution in [0.4, 0.5) is 0 Å². The fourth-order valence-corrected chi connectivity index (χ4v) is 7.42. The lowest BCUT2D eigenvalue weighted by Gasteiger charge is -2.31. The highest BCUT2D eigenvalue weighted by atomic mass is 35.5. The number of nitrogens with one attached hydrogen (secondary N) is 2. The van der Waals surface area contributed by atoms with Crippen molar-refractivity contribution in [2.75, 3.05) is 20.3 Å². The molecule has 4 aromatic rings. The van der Waals surface area contributed by atoms with Gasteiger partial charge in [0.05, 0.1) is 19.8 Å². The number of benzene rings is 3. The molecule has 3 heterocycles. The third-order valence-electron chi connectivity index (χ3n) is 10.6. The molecule has 1 amide bonds. The van der Waals surface area contributed by atoms with E-state index in [1.165, 1.54) is 39.2 Å². The first-order valence-corrected chi connectivity index (χ1v) is 18.2. The number of carbonyl (C=O) groups is 2. The quantitative estimate of drug-likeness (QED) is 0.159. The number of amides is 1. The van der Waals surface area contributed by atoms with Crippen LogP contribution >= 0.6 is 24.8 Å². The molecule has 9 nitrogen and oxygen atoms in total. The molecule has 282 valence electrons. The van der Waals surface area contributed by atoms with E-state index in [4.69, 9.17) is 18.9 Å². The topological polar surface area (TPSA) is 108 Å². The minimum atomic E-state index is -0.824. The molecule has 1 fully saturated rings. The summed E-state index contributed by atoms with van der Waals surface area (Å²) in [4.78, 5) is 30.7. The maximum atomic E-state index is 13.5. The molecule has 3 aromatic carbocycles. The van der Waals surface area contributed by atoms with E-state index in [1.807, 2.05) is 67.7 Å². The number of hydrogen-bond donors (Lipinski definition) is 2. The summed E-state index contributed by atoms with van der Waals surface area (Å²) in [5.41, 5.74) is 8.31. The summed E-state index contributed by atoms with van der Waals surface area (Å²) in [5.74, 6) is 2.12. The van der Waals surface area contributed by atoms with E-state index in [1.54, 1.807) is 0 Å². The van der Waals surface area contributed by atoms with Crippen LogP contribution in [-0.2, 0) is 33.7 Å². The molecule has 0 spiro atoms. The minimum absolute atomic E-state index is 0. The van der Waals surface area contributed by atoms with Gasteiger partial charge in [-0.3, -0.25) is 9.78 Å². The Morgan fingerprint density at radius 1 is 0.962 bits per heavy atom. The van der Waals surface area contributed by atoms with Crippen molar-refractivity contribution in [3.05, 3.63) is 106 Å². The molecule has 7 rings (SSSR count). The van der Waals surface area contributed by atoms with Crippen LogP contribution in [0.25, 0.3) is 11.1 Å². The van der Waals surface area contributed by atoms with Crippen LogP contribution < -0.4 is 24.8 Å². The monoisotopic (exact) mass is 761 g/mol. The highest BCUT2D eigenvalue weighted by Crippen LogP contribution is 2.40. The van der Waals surface area contributed by atoms with Crippen molar-refractivity contribution in [2.24, 2.45) is 5.92 Å². The Bertz CT molecular complexity index is 1880. The maximum absolute atomic E-state index is 13.5. The summed E-state index contributed by atoms with van der Waals surface area (Å²) < 4.78 is 23.9. The van der Waals surface area contributed by atoms with E-state index in [9.17, 15) is 9.59 Å². The van der Waals surface area contributed by atoms with Gasteiger partial charge < -0.3 is 29.6 Å². The summed E-state index contributed by atoms with van der Waals surface area (Å²) in [7, 11) is 1.34. The van der Waals surface area contributed by atoms with Crippen LogP contribution in [0.15, 0.2) is 72.9 Å². The second kappa shape index (κ2) is 18.1. The Balaban J connectivity index is 0.00000271. The lowest BCUT2D eigenvalue weighted by molar-refractivity contribution is -0.145. The van der Waals surface area contributed by atoms with E-state index in [-0.39, 0.29) is 36.8 Å². The van der Waals surface area contributed by atoms with E-state index >= 15 is 0 Å². The number of carbonyl (C=O) groups excluding carboxylic acids is 2. The van der Waals surface area contributed by atoms with E-state index in [2.05, 4.69) is 34.7 Å². The normalized spacial score (nSPS) is 18.3. The maximum Gasteiger partial charge on any atom is 0.328 e. The second-order valence-electron chi connectivity index (χ2n) is 14.1.